The minimum absolute atomic E-state index is 0.180. The lowest BCUT2D eigenvalue weighted by molar-refractivity contribution is -0.137. The molecule has 0 saturated heterocycles. The lowest BCUT2D eigenvalue weighted by Gasteiger charge is -2.15. The SMILES string of the molecule is CC(NC(=O)c1ccc(C(F)(F)F)cc1)c1ccc(-n2ccnc2)cc1. The molecule has 0 saturated carbocycles. The van der Waals surface area contributed by atoms with Gasteiger partial charge in [-0.1, -0.05) is 12.1 Å². The number of aromatic nitrogens is 2. The van der Waals surface area contributed by atoms with Gasteiger partial charge in [0.05, 0.1) is 17.9 Å². The van der Waals surface area contributed by atoms with E-state index >= 15 is 0 Å². The van der Waals surface area contributed by atoms with Gasteiger partial charge in [-0.05, 0) is 48.9 Å². The average molecular weight is 359 g/mol. The number of carbonyl (C=O) groups is 1. The number of rotatable bonds is 4. The normalized spacial score (nSPS) is 12.6. The van der Waals surface area contributed by atoms with Crippen molar-refractivity contribution in [2.24, 2.45) is 0 Å². The van der Waals surface area contributed by atoms with E-state index in [1.807, 2.05) is 42.0 Å². The number of nitrogens with one attached hydrogen (secondary N) is 1. The fraction of sp³-hybridized carbons (Fsp3) is 0.158. The lowest BCUT2D eigenvalue weighted by Crippen LogP contribution is -2.26. The van der Waals surface area contributed by atoms with Gasteiger partial charge in [0.1, 0.15) is 0 Å². The third-order valence-corrected chi connectivity index (χ3v) is 4.02. The van der Waals surface area contributed by atoms with Crippen LogP contribution in [0.3, 0.4) is 0 Å². The molecule has 2 aromatic carbocycles. The van der Waals surface area contributed by atoms with E-state index in [0.717, 1.165) is 23.4 Å². The predicted molar refractivity (Wildman–Crippen MR) is 90.9 cm³/mol. The Balaban J connectivity index is 1.67. The lowest BCUT2D eigenvalue weighted by atomic mass is 10.1. The first-order valence-electron chi connectivity index (χ1n) is 7.91. The zero-order valence-corrected chi connectivity index (χ0v) is 13.9. The first kappa shape index (κ1) is 17.7. The van der Waals surface area contributed by atoms with E-state index in [0.29, 0.717) is 0 Å². The minimum Gasteiger partial charge on any atom is -0.346 e. The summed E-state index contributed by atoms with van der Waals surface area (Å²) in [6.45, 7) is 1.81. The van der Waals surface area contributed by atoms with Gasteiger partial charge in [-0.25, -0.2) is 4.98 Å². The van der Waals surface area contributed by atoms with Gasteiger partial charge < -0.3 is 9.88 Å². The number of halogens is 3. The van der Waals surface area contributed by atoms with Crippen LogP contribution in [0.15, 0.2) is 67.3 Å². The number of hydrogen-bond acceptors (Lipinski definition) is 2. The molecular weight excluding hydrogens is 343 g/mol. The maximum atomic E-state index is 12.6. The van der Waals surface area contributed by atoms with Gasteiger partial charge in [0.15, 0.2) is 0 Å². The summed E-state index contributed by atoms with van der Waals surface area (Å²) >= 11 is 0. The van der Waals surface area contributed by atoms with E-state index in [4.69, 9.17) is 0 Å². The van der Waals surface area contributed by atoms with Crippen LogP contribution in [0.4, 0.5) is 13.2 Å². The monoisotopic (exact) mass is 359 g/mol. The van der Waals surface area contributed by atoms with Gasteiger partial charge in [-0.15, -0.1) is 0 Å². The highest BCUT2D eigenvalue weighted by Gasteiger charge is 2.30. The van der Waals surface area contributed by atoms with Gasteiger partial charge in [-0.2, -0.15) is 13.2 Å². The smallest absolute Gasteiger partial charge is 0.346 e. The van der Waals surface area contributed by atoms with Crippen molar-refractivity contribution in [2.75, 3.05) is 0 Å². The summed E-state index contributed by atoms with van der Waals surface area (Å²) in [6.07, 6.45) is 0.774. The first-order chi connectivity index (χ1) is 12.3. The first-order valence-corrected chi connectivity index (χ1v) is 7.91. The molecule has 134 valence electrons. The van der Waals surface area contributed by atoms with Gasteiger partial charge >= 0.3 is 6.18 Å². The Morgan fingerprint density at radius 1 is 1.08 bits per heavy atom. The predicted octanol–water partition coefficient (Wildman–Crippen LogP) is 4.38. The number of alkyl halides is 3. The zero-order chi connectivity index (χ0) is 18.7. The number of imidazole rings is 1. The molecule has 0 aliphatic carbocycles. The van der Waals surface area contributed by atoms with Crippen LogP contribution >= 0.6 is 0 Å². The van der Waals surface area contributed by atoms with Gasteiger partial charge in [0, 0.05) is 23.6 Å². The highest BCUT2D eigenvalue weighted by molar-refractivity contribution is 5.94. The van der Waals surface area contributed by atoms with Crippen LogP contribution in [-0.2, 0) is 6.18 Å². The number of benzene rings is 2. The number of carbonyl (C=O) groups excluding carboxylic acids is 1. The molecule has 1 heterocycles. The molecule has 1 unspecified atom stereocenters. The molecule has 1 aromatic heterocycles. The summed E-state index contributed by atoms with van der Waals surface area (Å²) in [5.41, 5.74) is 1.22. The minimum atomic E-state index is -4.42. The molecule has 1 atom stereocenters. The molecular formula is C19H16F3N3O. The largest absolute Gasteiger partial charge is 0.416 e. The molecule has 0 radical (unpaired) electrons. The van der Waals surface area contributed by atoms with Crippen LogP contribution in [0.25, 0.3) is 5.69 Å². The zero-order valence-electron chi connectivity index (χ0n) is 13.9. The van der Waals surface area contributed by atoms with Gasteiger partial charge in [0.25, 0.3) is 5.91 Å². The van der Waals surface area contributed by atoms with E-state index in [2.05, 4.69) is 10.3 Å². The van der Waals surface area contributed by atoms with Crippen molar-refractivity contribution < 1.29 is 18.0 Å². The average Bonchev–Trinajstić information content (AvgIpc) is 3.16. The third kappa shape index (κ3) is 3.93. The third-order valence-electron chi connectivity index (χ3n) is 4.02. The fourth-order valence-electron chi connectivity index (χ4n) is 2.52. The van der Waals surface area contributed by atoms with Crippen molar-refractivity contribution in [1.29, 1.82) is 0 Å². The van der Waals surface area contributed by atoms with Crippen LogP contribution in [-0.4, -0.2) is 15.5 Å². The summed E-state index contributed by atoms with van der Waals surface area (Å²) in [7, 11) is 0. The highest BCUT2D eigenvalue weighted by atomic mass is 19.4. The van der Waals surface area contributed by atoms with E-state index in [-0.39, 0.29) is 11.6 Å². The molecule has 0 bridgehead atoms. The van der Waals surface area contributed by atoms with Crippen molar-refractivity contribution in [1.82, 2.24) is 14.9 Å². The molecule has 0 spiro atoms. The van der Waals surface area contributed by atoms with Crippen molar-refractivity contribution in [3.63, 3.8) is 0 Å². The van der Waals surface area contributed by atoms with E-state index in [9.17, 15) is 18.0 Å². The second-order valence-corrected chi connectivity index (χ2v) is 5.83. The quantitative estimate of drug-likeness (QED) is 0.751. The molecule has 26 heavy (non-hydrogen) atoms. The van der Waals surface area contributed by atoms with Gasteiger partial charge in [0.2, 0.25) is 0 Å². The van der Waals surface area contributed by atoms with Crippen molar-refractivity contribution >= 4 is 5.91 Å². The van der Waals surface area contributed by atoms with Crippen LogP contribution in [0.1, 0.15) is 34.5 Å². The summed E-state index contributed by atoms with van der Waals surface area (Å²) in [5, 5.41) is 2.79. The number of hydrogen-bond donors (Lipinski definition) is 1. The summed E-state index contributed by atoms with van der Waals surface area (Å²) < 4.78 is 39.6. The summed E-state index contributed by atoms with van der Waals surface area (Å²) in [5.74, 6) is -0.426. The Morgan fingerprint density at radius 3 is 2.27 bits per heavy atom. The van der Waals surface area contributed by atoms with E-state index < -0.39 is 17.6 Å². The molecule has 3 aromatic rings. The molecule has 4 nitrogen and oxygen atoms in total. The van der Waals surface area contributed by atoms with Crippen LogP contribution in [0, 0.1) is 0 Å². The van der Waals surface area contributed by atoms with Crippen LogP contribution in [0.5, 0.6) is 0 Å². The Labute approximate surface area is 148 Å². The molecule has 0 fully saturated rings. The number of nitrogens with zero attached hydrogens (tertiary/aromatic N) is 2. The second kappa shape index (κ2) is 7.03. The topological polar surface area (TPSA) is 46.9 Å². The maximum Gasteiger partial charge on any atom is 0.416 e. The van der Waals surface area contributed by atoms with E-state index in [1.165, 1.54) is 12.1 Å². The molecule has 1 amide bonds. The maximum absolute atomic E-state index is 12.6. The summed E-state index contributed by atoms with van der Waals surface area (Å²) in [6, 6.07) is 11.4. The molecule has 0 aliphatic rings. The van der Waals surface area contributed by atoms with E-state index in [1.54, 1.807) is 12.5 Å². The van der Waals surface area contributed by atoms with Crippen molar-refractivity contribution in [2.45, 2.75) is 19.1 Å². The Morgan fingerprint density at radius 2 is 1.73 bits per heavy atom. The standard InChI is InChI=1S/C19H16F3N3O/c1-13(14-4-8-17(9-5-14)25-11-10-23-12-25)24-18(26)15-2-6-16(7-3-15)19(20,21)22/h2-13H,1H3,(H,24,26). The number of amides is 1. The van der Waals surface area contributed by atoms with Crippen LogP contribution < -0.4 is 5.32 Å². The van der Waals surface area contributed by atoms with Crippen molar-refractivity contribution in [3.05, 3.63) is 83.9 Å². The molecule has 7 heteroatoms. The Bertz CT molecular complexity index is 870. The fourth-order valence-corrected chi connectivity index (χ4v) is 2.52. The second-order valence-electron chi connectivity index (χ2n) is 5.83. The Hall–Kier alpha value is -3.09. The van der Waals surface area contributed by atoms with Crippen molar-refractivity contribution in [3.8, 4) is 5.69 Å². The summed E-state index contributed by atoms with van der Waals surface area (Å²) in [4.78, 5) is 16.2. The molecule has 3 rings (SSSR count). The van der Waals surface area contributed by atoms with Gasteiger partial charge in [-0.3, -0.25) is 4.79 Å². The Kier molecular flexibility index (Phi) is 4.79. The highest BCUT2D eigenvalue weighted by Crippen LogP contribution is 2.29. The molecule has 1 N–H and O–H groups in total. The molecule has 0 aliphatic heterocycles. The van der Waals surface area contributed by atoms with Crippen LogP contribution in [0.2, 0.25) is 0 Å².